The van der Waals surface area contributed by atoms with Crippen LogP contribution in [-0.2, 0) is 0 Å². The molecule has 1 aliphatic heterocycles. The van der Waals surface area contributed by atoms with Gasteiger partial charge in [0.05, 0.1) is 0 Å². The maximum Gasteiger partial charge on any atom is 0.254 e. The molecule has 4 heteroatoms. The molecule has 2 rings (SSSR count). The van der Waals surface area contributed by atoms with E-state index >= 15 is 0 Å². The summed E-state index contributed by atoms with van der Waals surface area (Å²) in [5.41, 5.74) is 1.74. The Hall–Kier alpha value is -0.870. The molecule has 1 amide bonds. The molecular weight excluding hydrogens is 282 g/mol. The molecule has 1 aliphatic rings. The van der Waals surface area contributed by atoms with Crippen LogP contribution in [0.3, 0.4) is 0 Å². The van der Waals surface area contributed by atoms with Crippen molar-refractivity contribution in [1.29, 1.82) is 0 Å². The Morgan fingerprint density at radius 2 is 2.35 bits per heavy atom. The van der Waals surface area contributed by atoms with E-state index in [0.29, 0.717) is 6.54 Å². The monoisotopic (exact) mass is 297 g/mol. The van der Waals surface area contributed by atoms with Crippen LogP contribution in [-0.4, -0.2) is 35.6 Å². The topological polar surface area (TPSA) is 40.5 Å². The standard InChI is InChI=1S/C13H16BrNO2/c1-9-2-3-11(14)6-12(9)13(17)15-5-4-10(7-15)8-16/h2-3,6,10,16H,4-5,7-8H2,1H3. The molecule has 1 aromatic rings. The normalized spacial score (nSPS) is 19.7. The first-order chi connectivity index (χ1) is 8.11. The van der Waals surface area contributed by atoms with Gasteiger partial charge in [0.1, 0.15) is 0 Å². The van der Waals surface area contributed by atoms with Crippen LogP contribution in [0.2, 0.25) is 0 Å². The zero-order valence-corrected chi connectivity index (χ0v) is 11.4. The molecule has 0 bridgehead atoms. The van der Waals surface area contributed by atoms with Gasteiger partial charge in [-0.15, -0.1) is 0 Å². The Bertz CT molecular complexity index is 433. The predicted molar refractivity (Wildman–Crippen MR) is 70.0 cm³/mol. The lowest BCUT2D eigenvalue weighted by Gasteiger charge is -2.17. The highest BCUT2D eigenvalue weighted by atomic mass is 79.9. The Morgan fingerprint density at radius 3 is 3.00 bits per heavy atom. The van der Waals surface area contributed by atoms with E-state index in [-0.39, 0.29) is 18.4 Å². The number of nitrogens with zero attached hydrogens (tertiary/aromatic N) is 1. The number of hydrogen-bond donors (Lipinski definition) is 1. The fourth-order valence-corrected chi connectivity index (χ4v) is 2.52. The largest absolute Gasteiger partial charge is 0.396 e. The number of rotatable bonds is 2. The number of carbonyl (C=O) groups is 1. The van der Waals surface area contributed by atoms with Crippen molar-refractivity contribution in [3.63, 3.8) is 0 Å². The molecule has 92 valence electrons. The van der Waals surface area contributed by atoms with Gasteiger partial charge in [-0.1, -0.05) is 22.0 Å². The lowest BCUT2D eigenvalue weighted by Crippen LogP contribution is -2.29. The van der Waals surface area contributed by atoms with Crippen LogP contribution in [0.25, 0.3) is 0 Å². The van der Waals surface area contributed by atoms with Gasteiger partial charge in [0.2, 0.25) is 0 Å². The molecule has 3 nitrogen and oxygen atoms in total. The summed E-state index contributed by atoms with van der Waals surface area (Å²) in [4.78, 5) is 14.1. The van der Waals surface area contributed by atoms with E-state index in [2.05, 4.69) is 15.9 Å². The molecule has 0 spiro atoms. The van der Waals surface area contributed by atoms with Gasteiger partial charge in [-0.05, 0) is 31.0 Å². The molecule has 1 aromatic carbocycles. The summed E-state index contributed by atoms with van der Waals surface area (Å²) in [6.07, 6.45) is 0.898. The van der Waals surface area contributed by atoms with Gasteiger partial charge in [0, 0.05) is 35.7 Å². The van der Waals surface area contributed by atoms with Crippen LogP contribution < -0.4 is 0 Å². The number of likely N-dealkylation sites (tertiary alicyclic amines) is 1. The first-order valence-corrected chi connectivity index (χ1v) is 6.57. The summed E-state index contributed by atoms with van der Waals surface area (Å²) in [6.45, 7) is 3.53. The summed E-state index contributed by atoms with van der Waals surface area (Å²) in [7, 11) is 0. The minimum Gasteiger partial charge on any atom is -0.396 e. The van der Waals surface area contributed by atoms with Crippen molar-refractivity contribution in [2.24, 2.45) is 5.92 Å². The van der Waals surface area contributed by atoms with Crippen LogP contribution in [0, 0.1) is 12.8 Å². The minimum absolute atomic E-state index is 0.0692. The van der Waals surface area contributed by atoms with E-state index < -0.39 is 0 Å². The number of hydrogen-bond acceptors (Lipinski definition) is 2. The zero-order chi connectivity index (χ0) is 12.4. The van der Waals surface area contributed by atoms with E-state index in [9.17, 15) is 4.79 Å². The van der Waals surface area contributed by atoms with Crippen molar-refractivity contribution in [3.05, 3.63) is 33.8 Å². The zero-order valence-electron chi connectivity index (χ0n) is 9.82. The van der Waals surface area contributed by atoms with E-state index in [1.807, 2.05) is 30.0 Å². The second kappa shape index (κ2) is 5.19. The van der Waals surface area contributed by atoms with Gasteiger partial charge in [-0.25, -0.2) is 0 Å². The van der Waals surface area contributed by atoms with E-state index in [0.717, 1.165) is 28.6 Å². The van der Waals surface area contributed by atoms with Crippen molar-refractivity contribution >= 4 is 21.8 Å². The van der Waals surface area contributed by atoms with Crippen LogP contribution in [0.15, 0.2) is 22.7 Å². The number of halogens is 1. The Kier molecular flexibility index (Phi) is 3.84. The van der Waals surface area contributed by atoms with Crippen LogP contribution in [0.5, 0.6) is 0 Å². The summed E-state index contributed by atoms with van der Waals surface area (Å²) >= 11 is 3.39. The third-order valence-electron chi connectivity index (χ3n) is 3.26. The molecule has 1 fully saturated rings. The van der Waals surface area contributed by atoms with E-state index in [1.165, 1.54) is 0 Å². The number of aryl methyl sites for hydroxylation is 1. The molecule has 1 unspecified atom stereocenters. The van der Waals surface area contributed by atoms with Crippen molar-refractivity contribution in [3.8, 4) is 0 Å². The molecule has 1 heterocycles. The fourth-order valence-electron chi connectivity index (χ4n) is 2.16. The minimum atomic E-state index is 0.0692. The maximum atomic E-state index is 12.3. The van der Waals surface area contributed by atoms with Gasteiger partial charge < -0.3 is 10.0 Å². The summed E-state index contributed by atoms with van der Waals surface area (Å²) in [5.74, 6) is 0.311. The van der Waals surface area contributed by atoms with E-state index in [1.54, 1.807) is 0 Å². The second-order valence-corrected chi connectivity index (χ2v) is 5.46. The Balaban J connectivity index is 2.17. The molecule has 0 aromatic heterocycles. The average molecular weight is 298 g/mol. The van der Waals surface area contributed by atoms with Crippen molar-refractivity contribution in [2.75, 3.05) is 19.7 Å². The molecule has 1 atom stereocenters. The average Bonchev–Trinajstić information content (AvgIpc) is 2.80. The molecule has 17 heavy (non-hydrogen) atoms. The fraction of sp³-hybridized carbons (Fsp3) is 0.462. The molecule has 0 radical (unpaired) electrons. The number of amides is 1. The summed E-state index contributed by atoms with van der Waals surface area (Å²) in [6, 6.07) is 5.74. The third-order valence-corrected chi connectivity index (χ3v) is 3.75. The summed E-state index contributed by atoms with van der Waals surface area (Å²) in [5, 5.41) is 9.09. The first kappa shape index (κ1) is 12.6. The lowest BCUT2D eigenvalue weighted by molar-refractivity contribution is 0.0781. The Morgan fingerprint density at radius 1 is 1.59 bits per heavy atom. The second-order valence-electron chi connectivity index (χ2n) is 4.55. The number of carbonyl (C=O) groups excluding carboxylic acids is 1. The maximum absolute atomic E-state index is 12.3. The molecule has 0 saturated carbocycles. The molecule has 0 aliphatic carbocycles. The van der Waals surface area contributed by atoms with Crippen LogP contribution >= 0.6 is 15.9 Å². The third kappa shape index (κ3) is 2.69. The predicted octanol–water partition coefficient (Wildman–Crippen LogP) is 2.21. The number of aliphatic hydroxyl groups excluding tert-OH is 1. The van der Waals surface area contributed by atoms with Gasteiger partial charge >= 0.3 is 0 Å². The van der Waals surface area contributed by atoms with Crippen LogP contribution in [0.1, 0.15) is 22.3 Å². The quantitative estimate of drug-likeness (QED) is 0.909. The SMILES string of the molecule is Cc1ccc(Br)cc1C(=O)N1CCC(CO)C1. The molecule has 1 saturated heterocycles. The highest BCUT2D eigenvalue weighted by Gasteiger charge is 2.27. The molecule has 1 N–H and O–H groups in total. The number of aliphatic hydroxyl groups is 1. The van der Waals surface area contributed by atoms with Crippen molar-refractivity contribution in [2.45, 2.75) is 13.3 Å². The highest BCUT2D eigenvalue weighted by molar-refractivity contribution is 9.10. The van der Waals surface area contributed by atoms with Crippen molar-refractivity contribution < 1.29 is 9.90 Å². The smallest absolute Gasteiger partial charge is 0.254 e. The van der Waals surface area contributed by atoms with Gasteiger partial charge in [-0.2, -0.15) is 0 Å². The van der Waals surface area contributed by atoms with Crippen molar-refractivity contribution in [1.82, 2.24) is 4.90 Å². The number of benzene rings is 1. The van der Waals surface area contributed by atoms with Gasteiger partial charge in [0.25, 0.3) is 5.91 Å². The Labute approximate surface area is 110 Å². The van der Waals surface area contributed by atoms with Gasteiger partial charge in [-0.3, -0.25) is 4.79 Å². The van der Waals surface area contributed by atoms with Crippen LogP contribution in [0.4, 0.5) is 0 Å². The first-order valence-electron chi connectivity index (χ1n) is 5.78. The summed E-state index contributed by atoms with van der Waals surface area (Å²) < 4.78 is 0.921. The van der Waals surface area contributed by atoms with E-state index in [4.69, 9.17) is 5.11 Å². The molecular formula is C13H16BrNO2. The van der Waals surface area contributed by atoms with Gasteiger partial charge in [0.15, 0.2) is 0 Å². The lowest BCUT2D eigenvalue weighted by atomic mass is 10.1. The highest BCUT2D eigenvalue weighted by Crippen LogP contribution is 2.22.